The maximum absolute atomic E-state index is 12.0. The Kier molecular flexibility index (Phi) is 2.84. The molecule has 4 heteroatoms. The minimum atomic E-state index is -0.940. The molecule has 0 aliphatic carbocycles. The van der Waals surface area contributed by atoms with Gasteiger partial charge in [0, 0.05) is 13.1 Å². The third-order valence-corrected chi connectivity index (χ3v) is 4.04. The van der Waals surface area contributed by atoms with E-state index in [0.29, 0.717) is 0 Å². The van der Waals surface area contributed by atoms with Crippen molar-refractivity contribution >= 4 is 10.8 Å². The third-order valence-electron chi connectivity index (χ3n) is 2.33. The fraction of sp³-hybridized carbons (Fsp3) is 0.400. The molecule has 3 nitrogen and oxygen atoms in total. The summed E-state index contributed by atoms with van der Waals surface area (Å²) in [5, 5.41) is 3.36. The van der Waals surface area contributed by atoms with Crippen LogP contribution in [0.1, 0.15) is 0 Å². The SMILES string of the molecule is COc1ccccc1S(=O)C1CNC1. The Morgan fingerprint density at radius 2 is 2.14 bits per heavy atom. The maximum atomic E-state index is 12.0. The van der Waals surface area contributed by atoms with Gasteiger partial charge in [-0.25, -0.2) is 0 Å². The van der Waals surface area contributed by atoms with E-state index in [2.05, 4.69) is 5.32 Å². The Morgan fingerprint density at radius 3 is 2.71 bits per heavy atom. The summed E-state index contributed by atoms with van der Waals surface area (Å²) in [5.41, 5.74) is 0. The number of para-hydroxylation sites is 1. The van der Waals surface area contributed by atoms with Crippen molar-refractivity contribution in [2.24, 2.45) is 0 Å². The highest BCUT2D eigenvalue weighted by Crippen LogP contribution is 2.24. The molecule has 1 fully saturated rings. The summed E-state index contributed by atoms with van der Waals surface area (Å²) in [5.74, 6) is 0.720. The van der Waals surface area contributed by atoms with Gasteiger partial charge >= 0.3 is 0 Å². The molecule has 1 aliphatic heterocycles. The Balaban J connectivity index is 2.25. The number of hydrogen-bond donors (Lipinski definition) is 1. The predicted octanol–water partition coefficient (Wildman–Crippen LogP) is 0.775. The molecule has 0 aromatic heterocycles. The van der Waals surface area contributed by atoms with Crippen molar-refractivity contribution in [3.8, 4) is 5.75 Å². The molecule has 1 atom stereocenters. The lowest BCUT2D eigenvalue weighted by molar-refractivity contribution is 0.403. The molecule has 0 spiro atoms. The van der Waals surface area contributed by atoms with Crippen molar-refractivity contribution in [3.63, 3.8) is 0 Å². The van der Waals surface area contributed by atoms with Gasteiger partial charge in [-0.1, -0.05) is 12.1 Å². The first-order chi connectivity index (χ1) is 6.83. The topological polar surface area (TPSA) is 38.3 Å². The lowest BCUT2D eigenvalue weighted by Gasteiger charge is -2.26. The van der Waals surface area contributed by atoms with Crippen LogP contribution in [0.2, 0.25) is 0 Å². The van der Waals surface area contributed by atoms with Crippen LogP contribution in [-0.2, 0) is 10.8 Å². The summed E-state index contributed by atoms with van der Waals surface area (Å²) < 4.78 is 17.2. The maximum Gasteiger partial charge on any atom is 0.134 e. The fourth-order valence-corrected chi connectivity index (χ4v) is 2.84. The molecule has 1 N–H and O–H groups in total. The lowest BCUT2D eigenvalue weighted by atomic mass is 10.3. The highest BCUT2D eigenvalue weighted by molar-refractivity contribution is 7.86. The quantitative estimate of drug-likeness (QED) is 0.802. The van der Waals surface area contributed by atoms with Crippen molar-refractivity contribution < 1.29 is 8.95 Å². The number of hydrogen-bond acceptors (Lipinski definition) is 3. The Hall–Kier alpha value is -0.870. The van der Waals surface area contributed by atoms with Gasteiger partial charge in [0.05, 0.1) is 28.1 Å². The van der Waals surface area contributed by atoms with E-state index < -0.39 is 10.8 Å². The van der Waals surface area contributed by atoms with E-state index in [1.54, 1.807) is 7.11 Å². The average Bonchev–Trinajstić information content (AvgIpc) is 2.15. The summed E-state index contributed by atoms with van der Waals surface area (Å²) in [6, 6.07) is 7.49. The van der Waals surface area contributed by atoms with Crippen LogP contribution in [0.4, 0.5) is 0 Å². The molecule has 14 heavy (non-hydrogen) atoms. The van der Waals surface area contributed by atoms with Gasteiger partial charge in [-0.2, -0.15) is 0 Å². The van der Waals surface area contributed by atoms with E-state index in [-0.39, 0.29) is 5.25 Å². The summed E-state index contributed by atoms with van der Waals surface area (Å²) in [6.07, 6.45) is 0. The largest absolute Gasteiger partial charge is 0.495 e. The van der Waals surface area contributed by atoms with Gasteiger partial charge < -0.3 is 10.1 Å². The van der Waals surface area contributed by atoms with Gasteiger partial charge in [-0.3, -0.25) is 4.21 Å². The molecule has 1 aliphatic rings. The van der Waals surface area contributed by atoms with Gasteiger partial charge in [0.15, 0.2) is 0 Å². The first-order valence-electron chi connectivity index (χ1n) is 4.57. The predicted molar refractivity (Wildman–Crippen MR) is 56.1 cm³/mol. The zero-order chi connectivity index (χ0) is 9.97. The van der Waals surface area contributed by atoms with Crippen LogP contribution >= 0.6 is 0 Å². The molecule has 1 saturated heterocycles. The molecule has 0 amide bonds. The van der Waals surface area contributed by atoms with Crippen molar-refractivity contribution in [1.29, 1.82) is 0 Å². The van der Waals surface area contributed by atoms with E-state index >= 15 is 0 Å². The van der Waals surface area contributed by atoms with Crippen molar-refractivity contribution in [1.82, 2.24) is 5.32 Å². The summed E-state index contributed by atoms with van der Waals surface area (Å²) in [7, 11) is 0.666. The van der Waals surface area contributed by atoms with Gasteiger partial charge in [0.2, 0.25) is 0 Å². The number of benzene rings is 1. The number of methoxy groups -OCH3 is 1. The first-order valence-corrected chi connectivity index (χ1v) is 5.78. The van der Waals surface area contributed by atoms with Crippen LogP contribution in [0.25, 0.3) is 0 Å². The van der Waals surface area contributed by atoms with E-state index in [1.165, 1.54) is 0 Å². The summed E-state index contributed by atoms with van der Waals surface area (Å²) >= 11 is 0. The Morgan fingerprint density at radius 1 is 1.43 bits per heavy atom. The van der Waals surface area contributed by atoms with Crippen molar-refractivity contribution in [2.45, 2.75) is 10.1 Å². The molecular formula is C10H13NO2S. The van der Waals surface area contributed by atoms with Crippen LogP contribution in [0.5, 0.6) is 5.75 Å². The second-order valence-electron chi connectivity index (χ2n) is 3.23. The molecule has 2 rings (SSSR count). The molecular weight excluding hydrogens is 198 g/mol. The smallest absolute Gasteiger partial charge is 0.134 e. The second-order valence-corrected chi connectivity index (χ2v) is 4.93. The number of ether oxygens (including phenoxy) is 1. The molecule has 1 unspecified atom stereocenters. The Labute approximate surface area is 85.9 Å². The fourth-order valence-electron chi connectivity index (χ4n) is 1.38. The normalized spacial score (nSPS) is 18.6. The van der Waals surface area contributed by atoms with E-state index in [0.717, 1.165) is 23.7 Å². The highest BCUT2D eigenvalue weighted by atomic mass is 32.2. The van der Waals surface area contributed by atoms with E-state index in [4.69, 9.17) is 4.74 Å². The minimum Gasteiger partial charge on any atom is -0.495 e. The van der Waals surface area contributed by atoms with Gasteiger partial charge in [0.25, 0.3) is 0 Å². The van der Waals surface area contributed by atoms with Crippen LogP contribution in [0.15, 0.2) is 29.2 Å². The molecule has 0 radical (unpaired) electrons. The highest BCUT2D eigenvalue weighted by Gasteiger charge is 2.26. The van der Waals surface area contributed by atoms with Crippen LogP contribution < -0.4 is 10.1 Å². The molecule has 0 saturated carbocycles. The van der Waals surface area contributed by atoms with Gasteiger partial charge in [-0.05, 0) is 12.1 Å². The molecule has 1 aromatic carbocycles. The van der Waals surface area contributed by atoms with Crippen LogP contribution in [0, 0.1) is 0 Å². The monoisotopic (exact) mass is 211 g/mol. The van der Waals surface area contributed by atoms with Crippen molar-refractivity contribution in [3.05, 3.63) is 24.3 Å². The zero-order valence-electron chi connectivity index (χ0n) is 8.03. The summed E-state index contributed by atoms with van der Waals surface area (Å²) in [4.78, 5) is 0.807. The summed E-state index contributed by atoms with van der Waals surface area (Å²) in [6.45, 7) is 1.68. The number of rotatable bonds is 3. The van der Waals surface area contributed by atoms with Crippen LogP contribution in [0.3, 0.4) is 0 Å². The first kappa shape index (κ1) is 9.68. The standard InChI is InChI=1S/C10H13NO2S/c1-13-9-4-2-3-5-10(9)14(12)8-6-11-7-8/h2-5,8,11H,6-7H2,1H3. The van der Waals surface area contributed by atoms with Crippen LogP contribution in [-0.4, -0.2) is 29.7 Å². The van der Waals surface area contributed by atoms with Gasteiger partial charge in [0.1, 0.15) is 5.75 Å². The molecule has 76 valence electrons. The lowest BCUT2D eigenvalue weighted by Crippen LogP contribution is -2.49. The Bertz CT molecular complexity index is 350. The third kappa shape index (κ3) is 1.67. The minimum absolute atomic E-state index is 0.242. The van der Waals surface area contributed by atoms with E-state index in [9.17, 15) is 4.21 Å². The molecule has 0 bridgehead atoms. The average molecular weight is 211 g/mol. The van der Waals surface area contributed by atoms with E-state index in [1.807, 2.05) is 24.3 Å². The zero-order valence-corrected chi connectivity index (χ0v) is 8.84. The van der Waals surface area contributed by atoms with Crippen molar-refractivity contribution in [2.75, 3.05) is 20.2 Å². The second kappa shape index (κ2) is 4.11. The molecule has 1 heterocycles. The van der Waals surface area contributed by atoms with Gasteiger partial charge in [-0.15, -0.1) is 0 Å². The molecule has 1 aromatic rings. The number of nitrogens with one attached hydrogen (secondary N) is 1.